The highest BCUT2D eigenvalue weighted by Crippen LogP contribution is 2.34. The van der Waals surface area contributed by atoms with Crippen molar-refractivity contribution in [2.75, 3.05) is 5.32 Å². The zero-order valence-electron chi connectivity index (χ0n) is 13.3. The van der Waals surface area contributed by atoms with Crippen LogP contribution in [0.3, 0.4) is 0 Å². The van der Waals surface area contributed by atoms with Crippen molar-refractivity contribution in [3.05, 3.63) is 64.0 Å². The summed E-state index contributed by atoms with van der Waals surface area (Å²) in [4.78, 5) is 6.12. The first-order chi connectivity index (χ1) is 11.2. The Kier molecular flexibility index (Phi) is 4.99. The molecule has 23 heavy (non-hydrogen) atoms. The van der Waals surface area contributed by atoms with Gasteiger partial charge in [0.1, 0.15) is 0 Å². The smallest absolute Gasteiger partial charge is 0.187 e. The molecule has 0 aliphatic rings. The summed E-state index contributed by atoms with van der Waals surface area (Å²) in [5.74, 6) is 0. The van der Waals surface area contributed by atoms with E-state index in [1.807, 2.05) is 24.3 Å². The lowest BCUT2D eigenvalue weighted by atomic mass is 10.1. The predicted molar refractivity (Wildman–Crippen MR) is 101 cm³/mol. The van der Waals surface area contributed by atoms with Crippen LogP contribution in [0.2, 0.25) is 5.02 Å². The van der Waals surface area contributed by atoms with Crippen LogP contribution in [0.5, 0.6) is 0 Å². The number of hydrogen-bond donors (Lipinski definition) is 1. The van der Waals surface area contributed by atoms with Crippen LogP contribution in [-0.4, -0.2) is 4.98 Å². The molecule has 0 radical (unpaired) electrons. The van der Waals surface area contributed by atoms with E-state index in [1.165, 1.54) is 10.4 Å². The maximum atomic E-state index is 6.00. The first-order valence-corrected chi connectivity index (χ1v) is 8.94. The van der Waals surface area contributed by atoms with E-state index in [4.69, 9.17) is 16.6 Å². The van der Waals surface area contributed by atoms with E-state index in [0.29, 0.717) is 0 Å². The molecule has 4 heteroatoms. The second-order valence-corrected chi connectivity index (χ2v) is 7.06. The number of aromatic nitrogens is 1. The van der Waals surface area contributed by atoms with Gasteiger partial charge in [-0.2, -0.15) is 0 Å². The largest absolute Gasteiger partial charge is 0.332 e. The lowest BCUT2D eigenvalue weighted by Gasteiger charge is -2.02. The molecule has 1 aromatic heterocycles. The molecular formula is C19H19ClN2S. The second kappa shape index (κ2) is 7.16. The minimum Gasteiger partial charge on any atom is -0.332 e. The fourth-order valence-electron chi connectivity index (χ4n) is 2.40. The highest BCUT2D eigenvalue weighted by molar-refractivity contribution is 7.16. The van der Waals surface area contributed by atoms with Gasteiger partial charge in [-0.15, -0.1) is 11.3 Å². The number of benzene rings is 2. The molecule has 0 spiro atoms. The van der Waals surface area contributed by atoms with Crippen LogP contribution >= 0.6 is 22.9 Å². The van der Waals surface area contributed by atoms with Gasteiger partial charge in [-0.25, -0.2) is 4.98 Å². The average molecular weight is 343 g/mol. The third-order valence-electron chi connectivity index (χ3n) is 3.59. The maximum Gasteiger partial charge on any atom is 0.187 e. The van der Waals surface area contributed by atoms with Crippen LogP contribution < -0.4 is 5.32 Å². The molecule has 1 N–H and O–H groups in total. The van der Waals surface area contributed by atoms with Crippen molar-refractivity contribution in [2.24, 2.45) is 0 Å². The predicted octanol–water partition coefficient (Wildman–Crippen LogP) is 6.47. The molecule has 0 amide bonds. The van der Waals surface area contributed by atoms with Crippen molar-refractivity contribution in [1.82, 2.24) is 4.98 Å². The lowest BCUT2D eigenvalue weighted by molar-refractivity contribution is 0.938. The summed E-state index contributed by atoms with van der Waals surface area (Å²) in [6.07, 6.45) is 2.14. The van der Waals surface area contributed by atoms with Gasteiger partial charge in [-0.1, -0.05) is 54.8 Å². The standard InChI is InChI=1S/C19H19ClN2S/c1-3-4-17-18(14-7-9-15(20)10-8-14)22-19(23-17)21-16-11-5-13(2)6-12-16/h5-12H,3-4H2,1-2H3,(H,21,22). The Balaban J connectivity index is 1.91. The molecule has 0 unspecified atom stereocenters. The molecule has 0 bridgehead atoms. The van der Waals surface area contributed by atoms with Crippen molar-refractivity contribution in [2.45, 2.75) is 26.7 Å². The molecule has 0 saturated carbocycles. The third kappa shape index (κ3) is 3.92. The van der Waals surface area contributed by atoms with Crippen molar-refractivity contribution in [3.8, 4) is 11.3 Å². The molecule has 0 saturated heterocycles. The number of rotatable bonds is 5. The van der Waals surface area contributed by atoms with E-state index >= 15 is 0 Å². The van der Waals surface area contributed by atoms with Crippen LogP contribution in [0.25, 0.3) is 11.3 Å². The summed E-state index contributed by atoms with van der Waals surface area (Å²) >= 11 is 7.72. The Bertz CT molecular complexity index is 776. The zero-order valence-corrected chi connectivity index (χ0v) is 14.8. The van der Waals surface area contributed by atoms with Crippen LogP contribution in [0.1, 0.15) is 23.8 Å². The summed E-state index contributed by atoms with van der Waals surface area (Å²) < 4.78 is 0. The second-order valence-electron chi connectivity index (χ2n) is 5.54. The van der Waals surface area contributed by atoms with Gasteiger partial charge in [0.25, 0.3) is 0 Å². The summed E-state index contributed by atoms with van der Waals surface area (Å²) in [6.45, 7) is 4.28. The number of thiazole rings is 1. The third-order valence-corrected chi connectivity index (χ3v) is 4.88. The Labute approximate surface area is 146 Å². The van der Waals surface area contributed by atoms with Gasteiger partial charge in [0, 0.05) is 21.2 Å². The van der Waals surface area contributed by atoms with E-state index in [-0.39, 0.29) is 0 Å². The fourth-order valence-corrected chi connectivity index (χ4v) is 3.63. The molecule has 0 atom stereocenters. The Hall–Kier alpha value is -1.84. The SMILES string of the molecule is CCCc1sc(Nc2ccc(C)cc2)nc1-c1ccc(Cl)cc1. The number of hydrogen-bond acceptors (Lipinski definition) is 3. The number of halogens is 1. The van der Waals surface area contributed by atoms with Crippen LogP contribution in [-0.2, 0) is 6.42 Å². The maximum absolute atomic E-state index is 6.00. The molecule has 1 heterocycles. The molecule has 0 aliphatic carbocycles. The van der Waals surface area contributed by atoms with E-state index < -0.39 is 0 Å². The van der Waals surface area contributed by atoms with Crippen molar-refractivity contribution < 1.29 is 0 Å². The van der Waals surface area contributed by atoms with Gasteiger partial charge in [0.15, 0.2) is 5.13 Å². The van der Waals surface area contributed by atoms with Crippen molar-refractivity contribution in [1.29, 1.82) is 0 Å². The van der Waals surface area contributed by atoms with Crippen molar-refractivity contribution in [3.63, 3.8) is 0 Å². The average Bonchev–Trinajstić information content (AvgIpc) is 2.93. The van der Waals surface area contributed by atoms with Crippen LogP contribution in [0, 0.1) is 6.92 Å². The molecule has 2 nitrogen and oxygen atoms in total. The first kappa shape index (κ1) is 16.0. The van der Waals surface area contributed by atoms with E-state index in [9.17, 15) is 0 Å². The molecule has 118 valence electrons. The monoisotopic (exact) mass is 342 g/mol. The molecule has 3 rings (SSSR count). The Morgan fingerprint density at radius 1 is 1.04 bits per heavy atom. The number of nitrogens with one attached hydrogen (secondary N) is 1. The molecule has 3 aromatic rings. The van der Waals surface area contributed by atoms with E-state index in [0.717, 1.165) is 39.9 Å². The van der Waals surface area contributed by atoms with Crippen molar-refractivity contribution >= 4 is 33.8 Å². The van der Waals surface area contributed by atoms with E-state index in [2.05, 4.69) is 43.4 Å². The van der Waals surface area contributed by atoms with E-state index in [1.54, 1.807) is 11.3 Å². The van der Waals surface area contributed by atoms with Crippen LogP contribution in [0.4, 0.5) is 10.8 Å². The summed E-state index contributed by atoms with van der Waals surface area (Å²) in [6, 6.07) is 16.3. The summed E-state index contributed by atoms with van der Waals surface area (Å²) in [5, 5.41) is 5.09. The molecular weight excluding hydrogens is 324 g/mol. The number of nitrogens with zero attached hydrogens (tertiary/aromatic N) is 1. The summed E-state index contributed by atoms with van der Waals surface area (Å²) in [7, 11) is 0. The van der Waals surface area contributed by atoms with Gasteiger partial charge < -0.3 is 5.32 Å². The topological polar surface area (TPSA) is 24.9 Å². The minimum absolute atomic E-state index is 0.749. The molecule has 0 fully saturated rings. The fraction of sp³-hybridized carbons (Fsp3) is 0.211. The lowest BCUT2D eigenvalue weighted by Crippen LogP contribution is -1.89. The Morgan fingerprint density at radius 2 is 1.74 bits per heavy atom. The van der Waals surface area contributed by atoms with Gasteiger partial charge in [0.05, 0.1) is 5.69 Å². The Morgan fingerprint density at radius 3 is 2.39 bits per heavy atom. The highest BCUT2D eigenvalue weighted by Gasteiger charge is 2.12. The normalized spacial score (nSPS) is 10.7. The highest BCUT2D eigenvalue weighted by atomic mass is 35.5. The molecule has 2 aromatic carbocycles. The zero-order chi connectivity index (χ0) is 16.2. The van der Waals surface area contributed by atoms with Gasteiger partial charge in [-0.05, 0) is 37.6 Å². The first-order valence-electron chi connectivity index (χ1n) is 7.75. The molecule has 0 aliphatic heterocycles. The number of anilines is 2. The number of aryl methyl sites for hydroxylation is 2. The van der Waals surface area contributed by atoms with Gasteiger partial charge in [-0.3, -0.25) is 0 Å². The van der Waals surface area contributed by atoms with Gasteiger partial charge >= 0.3 is 0 Å². The minimum atomic E-state index is 0.749. The summed E-state index contributed by atoms with van der Waals surface area (Å²) in [5.41, 5.74) is 4.49. The van der Waals surface area contributed by atoms with Crippen LogP contribution in [0.15, 0.2) is 48.5 Å². The quantitative estimate of drug-likeness (QED) is 0.574. The van der Waals surface area contributed by atoms with Gasteiger partial charge in [0.2, 0.25) is 0 Å².